The first kappa shape index (κ1) is 17.5. The van der Waals surface area contributed by atoms with E-state index in [-0.39, 0.29) is 10.9 Å². The Balaban J connectivity index is 3.28. The van der Waals surface area contributed by atoms with Crippen molar-refractivity contribution in [3.8, 4) is 0 Å². The Morgan fingerprint density at radius 1 is 1.33 bits per heavy atom. The van der Waals surface area contributed by atoms with E-state index in [2.05, 4.69) is 0 Å². The van der Waals surface area contributed by atoms with Gasteiger partial charge in [0, 0.05) is 25.8 Å². The minimum Gasteiger partial charge on any atom is -0.480 e. The van der Waals surface area contributed by atoms with Gasteiger partial charge in [0.1, 0.15) is 6.54 Å². The van der Waals surface area contributed by atoms with Gasteiger partial charge in [-0.05, 0) is 31.5 Å². The summed E-state index contributed by atoms with van der Waals surface area (Å²) in [6.45, 7) is 2.99. The number of carboxylic acids is 1. The molecule has 0 aliphatic carbocycles. The van der Waals surface area contributed by atoms with Crippen LogP contribution in [0.3, 0.4) is 0 Å². The summed E-state index contributed by atoms with van der Waals surface area (Å²) in [7, 11) is -0.208. The van der Waals surface area contributed by atoms with Gasteiger partial charge in [-0.1, -0.05) is 13.0 Å². The minimum atomic E-state index is -3.84. The average Bonchev–Trinajstić information content (AvgIpc) is 2.43. The molecule has 0 aliphatic heterocycles. The molecule has 21 heavy (non-hydrogen) atoms. The molecule has 0 fully saturated rings. The molecule has 0 heterocycles. The third-order valence-corrected chi connectivity index (χ3v) is 5.27. The maximum atomic E-state index is 12.7. The van der Waals surface area contributed by atoms with Crippen LogP contribution in [-0.4, -0.2) is 50.5 Å². The van der Waals surface area contributed by atoms with Crippen molar-refractivity contribution in [3.63, 3.8) is 0 Å². The van der Waals surface area contributed by atoms with Gasteiger partial charge in [0.25, 0.3) is 0 Å². The quantitative estimate of drug-likeness (QED) is 0.827. The minimum absolute atomic E-state index is 0.107. The van der Waals surface area contributed by atoms with E-state index in [1.807, 2.05) is 21.0 Å². The lowest BCUT2D eigenvalue weighted by Gasteiger charge is -2.26. The van der Waals surface area contributed by atoms with Gasteiger partial charge in [0.05, 0.1) is 4.90 Å². The molecule has 1 aromatic rings. The Labute approximate surface area is 126 Å². The molecule has 1 atom stereocenters. The van der Waals surface area contributed by atoms with E-state index >= 15 is 0 Å². The highest BCUT2D eigenvalue weighted by molar-refractivity contribution is 7.89. The first-order chi connectivity index (χ1) is 9.70. The van der Waals surface area contributed by atoms with Crippen LogP contribution in [0, 0.1) is 0 Å². The Hall–Kier alpha value is -1.60. The van der Waals surface area contributed by atoms with Gasteiger partial charge < -0.3 is 10.0 Å². The van der Waals surface area contributed by atoms with Crippen molar-refractivity contribution >= 4 is 21.7 Å². The molecule has 1 aromatic carbocycles. The van der Waals surface area contributed by atoms with Crippen molar-refractivity contribution in [2.75, 3.05) is 25.5 Å². The molecule has 1 rings (SSSR count). The van der Waals surface area contributed by atoms with Gasteiger partial charge in [-0.2, -0.15) is 4.31 Å². The smallest absolute Gasteiger partial charge is 0.318 e. The lowest BCUT2D eigenvalue weighted by Crippen LogP contribution is -2.41. The molecule has 0 amide bonds. The summed E-state index contributed by atoms with van der Waals surface area (Å²) in [5, 5.41) is 8.97. The summed E-state index contributed by atoms with van der Waals surface area (Å²) in [5.41, 5.74) is 0.746. The lowest BCUT2D eigenvalue weighted by atomic mass is 10.2. The number of hydrogen-bond acceptors (Lipinski definition) is 4. The van der Waals surface area contributed by atoms with Gasteiger partial charge in [-0.15, -0.1) is 0 Å². The van der Waals surface area contributed by atoms with E-state index in [1.165, 1.54) is 6.07 Å². The summed E-state index contributed by atoms with van der Waals surface area (Å²) in [5.74, 6) is -1.16. The van der Waals surface area contributed by atoms with E-state index in [0.29, 0.717) is 6.42 Å². The highest BCUT2D eigenvalue weighted by Gasteiger charge is 2.30. The number of carboxylic acid groups (broad SMARTS) is 1. The fraction of sp³-hybridized carbons (Fsp3) is 0.500. The molecule has 0 spiro atoms. The van der Waals surface area contributed by atoms with Crippen molar-refractivity contribution in [3.05, 3.63) is 24.3 Å². The van der Waals surface area contributed by atoms with Crippen molar-refractivity contribution in [1.29, 1.82) is 0 Å². The van der Waals surface area contributed by atoms with Crippen LogP contribution in [0.1, 0.15) is 20.3 Å². The lowest BCUT2D eigenvalue weighted by molar-refractivity contribution is -0.137. The molecule has 118 valence electrons. The zero-order valence-corrected chi connectivity index (χ0v) is 13.6. The van der Waals surface area contributed by atoms with Gasteiger partial charge in [0.2, 0.25) is 10.0 Å². The van der Waals surface area contributed by atoms with Crippen molar-refractivity contribution in [1.82, 2.24) is 4.31 Å². The molecular formula is C14H22N2O4S. The molecule has 0 saturated heterocycles. The van der Waals surface area contributed by atoms with E-state index in [9.17, 15) is 13.2 Å². The van der Waals surface area contributed by atoms with E-state index < -0.39 is 22.5 Å². The number of aliphatic carboxylic acids is 1. The van der Waals surface area contributed by atoms with Crippen LogP contribution in [0.4, 0.5) is 5.69 Å². The van der Waals surface area contributed by atoms with Crippen LogP contribution >= 0.6 is 0 Å². The molecule has 0 aliphatic rings. The van der Waals surface area contributed by atoms with Gasteiger partial charge in [-0.25, -0.2) is 8.42 Å². The fourth-order valence-corrected chi connectivity index (χ4v) is 3.57. The zero-order chi connectivity index (χ0) is 16.2. The number of anilines is 1. The maximum absolute atomic E-state index is 12.7. The van der Waals surface area contributed by atoms with Gasteiger partial charge >= 0.3 is 5.97 Å². The SMILES string of the molecule is CCC(C)N(CC(=O)O)S(=O)(=O)c1cccc(N(C)C)c1. The number of rotatable bonds is 7. The number of benzene rings is 1. The summed E-state index contributed by atoms with van der Waals surface area (Å²) in [4.78, 5) is 12.9. The van der Waals surface area contributed by atoms with Crippen molar-refractivity contribution < 1.29 is 18.3 Å². The highest BCUT2D eigenvalue weighted by atomic mass is 32.2. The molecule has 0 bridgehead atoms. The van der Waals surface area contributed by atoms with Crippen LogP contribution in [0.2, 0.25) is 0 Å². The van der Waals surface area contributed by atoms with Crippen LogP contribution in [-0.2, 0) is 14.8 Å². The standard InChI is InChI=1S/C14H22N2O4S/c1-5-11(2)16(10-14(17)18)21(19,20)13-8-6-7-12(9-13)15(3)4/h6-9,11H,5,10H2,1-4H3,(H,17,18). The fourth-order valence-electron chi connectivity index (χ4n) is 1.87. The van der Waals surface area contributed by atoms with E-state index in [1.54, 1.807) is 30.0 Å². The molecular weight excluding hydrogens is 292 g/mol. The number of nitrogens with zero attached hydrogens (tertiary/aromatic N) is 2. The van der Waals surface area contributed by atoms with Crippen LogP contribution in [0.5, 0.6) is 0 Å². The summed E-state index contributed by atoms with van der Waals surface area (Å²) < 4.78 is 26.4. The first-order valence-corrected chi connectivity index (χ1v) is 8.15. The van der Waals surface area contributed by atoms with E-state index in [4.69, 9.17) is 5.11 Å². The summed E-state index contributed by atoms with van der Waals surface area (Å²) >= 11 is 0. The molecule has 0 aromatic heterocycles. The van der Waals surface area contributed by atoms with Crippen LogP contribution < -0.4 is 4.90 Å². The molecule has 6 nitrogen and oxygen atoms in total. The number of sulfonamides is 1. The van der Waals surface area contributed by atoms with Crippen LogP contribution in [0.15, 0.2) is 29.2 Å². The summed E-state index contributed by atoms with van der Waals surface area (Å²) in [6.07, 6.45) is 0.542. The molecule has 7 heteroatoms. The van der Waals surface area contributed by atoms with Crippen molar-refractivity contribution in [2.24, 2.45) is 0 Å². The zero-order valence-electron chi connectivity index (χ0n) is 12.8. The van der Waals surface area contributed by atoms with E-state index in [0.717, 1.165) is 9.99 Å². The van der Waals surface area contributed by atoms with Crippen molar-refractivity contribution in [2.45, 2.75) is 31.2 Å². The van der Waals surface area contributed by atoms with Gasteiger partial charge in [-0.3, -0.25) is 4.79 Å². The Kier molecular flexibility index (Phi) is 5.74. The van der Waals surface area contributed by atoms with Gasteiger partial charge in [0.15, 0.2) is 0 Å². The third-order valence-electron chi connectivity index (χ3n) is 3.31. The second kappa shape index (κ2) is 6.91. The largest absolute Gasteiger partial charge is 0.480 e. The first-order valence-electron chi connectivity index (χ1n) is 6.71. The summed E-state index contributed by atoms with van der Waals surface area (Å²) in [6, 6.07) is 6.10. The molecule has 0 saturated carbocycles. The Morgan fingerprint density at radius 2 is 1.95 bits per heavy atom. The Morgan fingerprint density at radius 3 is 2.43 bits per heavy atom. The predicted molar refractivity (Wildman–Crippen MR) is 82.0 cm³/mol. The maximum Gasteiger partial charge on any atom is 0.318 e. The number of hydrogen-bond donors (Lipinski definition) is 1. The predicted octanol–water partition coefficient (Wildman–Crippen LogP) is 1.63. The second-order valence-corrected chi connectivity index (χ2v) is 6.98. The highest BCUT2D eigenvalue weighted by Crippen LogP contribution is 2.23. The monoisotopic (exact) mass is 314 g/mol. The average molecular weight is 314 g/mol. The third kappa shape index (κ3) is 4.18. The Bertz CT molecular complexity index is 599. The normalized spacial score (nSPS) is 13.2. The topological polar surface area (TPSA) is 77.9 Å². The molecule has 1 unspecified atom stereocenters. The molecule has 1 N–H and O–H groups in total. The molecule has 0 radical (unpaired) electrons. The second-order valence-electron chi connectivity index (χ2n) is 5.09. The van der Waals surface area contributed by atoms with Crippen LogP contribution in [0.25, 0.3) is 0 Å². The number of carbonyl (C=O) groups is 1.